The molecule has 1 N–H and O–H groups in total. The summed E-state index contributed by atoms with van der Waals surface area (Å²) in [5.41, 5.74) is 2.11. The zero-order valence-corrected chi connectivity index (χ0v) is 13.3. The zero-order valence-electron chi connectivity index (χ0n) is 11.7. The van der Waals surface area contributed by atoms with Gasteiger partial charge in [0.25, 0.3) is 0 Å². The lowest BCUT2D eigenvalue weighted by molar-refractivity contribution is 0.0341. The predicted molar refractivity (Wildman–Crippen MR) is 83.6 cm³/mol. The quantitative estimate of drug-likeness (QED) is 0.940. The number of hydrogen-bond acceptors (Lipinski definition) is 7. The third kappa shape index (κ3) is 3.01. The summed E-state index contributed by atoms with van der Waals surface area (Å²) in [6.07, 6.45) is 0. The number of thiazole rings is 2. The molecule has 1 fully saturated rings. The van der Waals surface area contributed by atoms with E-state index in [9.17, 15) is 0 Å². The van der Waals surface area contributed by atoms with E-state index in [0.29, 0.717) is 0 Å². The predicted octanol–water partition coefficient (Wildman–Crippen LogP) is 2.45. The van der Waals surface area contributed by atoms with Gasteiger partial charge in [0.15, 0.2) is 5.13 Å². The maximum Gasteiger partial charge on any atom is 0.182 e. The van der Waals surface area contributed by atoms with Gasteiger partial charge in [0.05, 0.1) is 36.0 Å². The molecular formula is C13H18N4OS2. The number of ether oxygens (including phenoxy) is 1. The molecule has 5 nitrogen and oxygen atoms in total. The van der Waals surface area contributed by atoms with E-state index < -0.39 is 0 Å². The van der Waals surface area contributed by atoms with Crippen molar-refractivity contribution >= 4 is 27.8 Å². The van der Waals surface area contributed by atoms with Gasteiger partial charge in [0.2, 0.25) is 0 Å². The normalized spacial score (nSPS) is 16.5. The molecule has 0 amide bonds. The second-order valence-corrected chi connectivity index (χ2v) is 6.64. The zero-order chi connectivity index (χ0) is 13.9. The first-order valence-corrected chi connectivity index (χ1v) is 8.36. The molecule has 3 heterocycles. The van der Waals surface area contributed by atoms with Gasteiger partial charge >= 0.3 is 0 Å². The fourth-order valence-electron chi connectivity index (χ4n) is 2.20. The van der Waals surface area contributed by atoms with E-state index in [2.05, 4.69) is 27.5 Å². The summed E-state index contributed by atoms with van der Waals surface area (Å²) in [7, 11) is 1.89. The molecule has 0 unspecified atom stereocenters. The van der Waals surface area contributed by atoms with E-state index >= 15 is 0 Å². The van der Waals surface area contributed by atoms with E-state index in [1.807, 2.05) is 7.05 Å². The van der Waals surface area contributed by atoms with Gasteiger partial charge in [-0.15, -0.1) is 22.7 Å². The van der Waals surface area contributed by atoms with Crippen molar-refractivity contribution in [2.75, 3.05) is 38.7 Å². The van der Waals surface area contributed by atoms with Crippen molar-refractivity contribution in [1.29, 1.82) is 0 Å². The maximum atomic E-state index is 5.38. The van der Waals surface area contributed by atoms with Gasteiger partial charge < -0.3 is 10.1 Å². The first kappa shape index (κ1) is 13.9. The summed E-state index contributed by atoms with van der Waals surface area (Å²) in [6, 6.07) is 0. The number of aromatic nitrogens is 2. The molecule has 0 saturated carbocycles. The van der Waals surface area contributed by atoms with E-state index in [0.717, 1.165) is 49.4 Å². The molecule has 0 atom stereocenters. The number of anilines is 1. The molecule has 0 aliphatic carbocycles. The van der Waals surface area contributed by atoms with Crippen molar-refractivity contribution in [3.05, 3.63) is 16.1 Å². The molecule has 1 aliphatic heterocycles. The second-order valence-electron chi connectivity index (χ2n) is 4.70. The number of rotatable bonds is 4. The number of nitrogens with zero attached hydrogens (tertiary/aromatic N) is 3. The van der Waals surface area contributed by atoms with E-state index in [1.54, 1.807) is 22.7 Å². The molecule has 108 valence electrons. The van der Waals surface area contributed by atoms with Gasteiger partial charge in [-0.1, -0.05) is 0 Å². The van der Waals surface area contributed by atoms with Crippen LogP contribution in [0.15, 0.2) is 5.38 Å². The molecule has 0 bridgehead atoms. The van der Waals surface area contributed by atoms with Crippen LogP contribution in [0.25, 0.3) is 10.6 Å². The van der Waals surface area contributed by atoms with Gasteiger partial charge in [-0.2, -0.15) is 0 Å². The van der Waals surface area contributed by atoms with Crippen molar-refractivity contribution in [2.24, 2.45) is 0 Å². The SMILES string of the molecule is CNc1nc(-c2sc(CN3CCOCC3)nc2C)cs1. The van der Waals surface area contributed by atoms with Crippen LogP contribution in [0.1, 0.15) is 10.7 Å². The molecule has 2 aromatic heterocycles. The van der Waals surface area contributed by atoms with Gasteiger partial charge in [-0.3, -0.25) is 4.90 Å². The summed E-state index contributed by atoms with van der Waals surface area (Å²) in [6.45, 7) is 6.62. The fourth-order valence-corrected chi connectivity index (χ4v) is 4.01. The van der Waals surface area contributed by atoms with Crippen molar-refractivity contribution in [3.8, 4) is 10.6 Å². The third-order valence-corrected chi connectivity index (χ3v) is 5.28. The molecule has 1 saturated heterocycles. The highest BCUT2D eigenvalue weighted by Gasteiger charge is 2.16. The Morgan fingerprint density at radius 2 is 2.15 bits per heavy atom. The van der Waals surface area contributed by atoms with Gasteiger partial charge in [-0.25, -0.2) is 9.97 Å². The highest BCUT2D eigenvalue weighted by atomic mass is 32.1. The average molecular weight is 310 g/mol. The lowest BCUT2D eigenvalue weighted by Crippen LogP contribution is -2.35. The van der Waals surface area contributed by atoms with Crippen LogP contribution in [0.3, 0.4) is 0 Å². The third-order valence-electron chi connectivity index (χ3n) is 3.25. The van der Waals surface area contributed by atoms with Crippen LogP contribution in [0.5, 0.6) is 0 Å². The first-order chi connectivity index (χ1) is 9.76. The standard InChI is InChI=1S/C13H18N4OS2/c1-9-12(10-8-19-13(14-2)16-10)20-11(15-9)7-17-3-5-18-6-4-17/h8H,3-7H2,1-2H3,(H,14,16). The van der Waals surface area contributed by atoms with Crippen LogP contribution in [0.4, 0.5) is 5.13 Å². The number of aryl methyl sites for hydroxylation is 1. The minimum atomic E-state index is 0.828. The molecule has 0 aromatic carbocycles. The largest absolute Gasteiger partial charge is 0.379 e. The number of nitrogens with one attached hydrogen (secondary N) is 1. The van der Waals surface area contributed by atoms with Crippen molar-refractivity contribution in [2.45, 2.75) is 13.5 Å². The highest BCUT2D eigenvalue weighted by molar-refractivity contribution is 7.16. The monoisotopic (exact) mass is 310 g/mol. The Bertz CT molecular complexity index is 575. The molecular weight excluding hydrogens is 292 g/mol. The Balaban J connectivity index is 1.76. The average Bonchev–Trinajstić information content (AvgIpc) is 3.06. The molecule has 7 heteroatoms. The van der Waals surface area contributed by atoms with Crippen LogP contribution in [-0.4, -0.2) is 48.2 Å². The lowest BCUT2D eigenvalue weighted by Gasteiger charge is -2.25. The minimum absolute atomic E-state index is 0.828. The van der Waals surface area contributed by atoms with E-state index in [1.165, 1.54) is 9.88 Å². The molecule has 20 heavy (non-hydrogen) atoms. The molecule has 1 aliphatic rings. The Hall–Kier alpha value is -1.02. The Morgan fingerprint density at radius 3 is 2.85 bits per heavy atom. The summed E-state index contributed by atoms with van der Waals surface area (Å²) in [5, 5.41) is 7.28. The Kier molecular flexibility index (Phi) is 4.30. The molecule has 3 rings (SSSR count). The first-order valence-electron chi connectivity index (χ1n) is 6.66. The lowest BCUT2D eigenvalue weighted by atomic mass is 10.3. The van der Waals surface area contributed by atoms with Crippen molar-refractivity contribution < 1.29 is 4.74 Å². The molecule has 0 radical (unpaired) electrons. The Morgan fingerprint density at radius 1 is 1.35 bits per heavy atom. The molecule has 2 aromatic rings. The topological polar surface area (TPSA) is 50.3 Å². The van der Waals surface area contributed by atoms with Gasteiger partial charge in [0.1, 0.15) is 5.01 Å². The second kappa shape index (κ2) is 6.17. The van der Waals surface area contributed by atoms with Crippen LogP contribution in [-0.2, 0) is 11.3 Å². The maximum absolute atomic E-state index is 5.38. The summed E-state index contributed by atoms with van der Waals surface area (Å²) >= 11 is 3.38. The summed E-state index contributed by atoms with van der Waals surface area (Å²) in [4.78, 5) is 12.8. The van der Waals surface area contributed by atoms with Crippen LogP contribution in [0, 0.1) is 6.92 Å². The number of morpholine rings is 1. The van der Waals surface area contributed by atoms with Crippen molar-refractivity contribution in [3.63, 3.8) is 0 Å². The summed E-state index contributed by atoms with van der Waals surface area (Å²) < 4.78 is 5.38. The smallest absolute Gasteiger partial charge is 0.182 e. The fraction of sp³-hybridized carbons (Fsp3) is 0.538. The van der Waals surface area contributed by atoms with Crippen LogP contribution < -0.4 is 5.32 Å². The molecule has 0 spiro atoms. The minimum Gasteiger partial charge on any atom is -0.379 e. The number of hydrogen-bond donors (Lipinski definition) is 1. The van der Waals surface area contributed by atoms with Gasteiger partial charge in [-0.05, 0) is 6.92 Å². The van der Waals surface area contributed by atoms with E-state index in [-0.39, 0.29) is 0 Å². The van der Waals surface area contributed by atoms with Crippen molar-refractivity contribution in [1.82, 2.24) is 14.9 Å². The van der Waals surface area contributed by atoms with Crippen LogP contribution in [0.2, 0.25) is 0 Å². The van der Waals surface area contributed by atoms with Crippen LogP contribution >= 0.6 is 22.7 Å². The van der Waals surface area contributed by atoms with Gasteiger partial charge in [0, 0.05) is 25.5 Å². The summed E-state index contributed by atoms with van der Waals surface area (Å²) in [5.74, 6) is 0. The van der Waals surface area contributed by atoms with E-state index in [4.69, 9.17) is 9.72 Å². The Labute approximate surface area is 126 Å². The highest BCUT2D eigenvalue weighted by Crippen LogP contribution is 2.32.